The van der Waals surface area contributed by atoms with Crippen molar-refractivity contribution in [3.05, 3.63) is 35.4 Å². The van der Waals surface area contributed by atoms with Gasteiger partial charge in [0.1, 0.15) is 0 Å². The molecule has 2 rings (SSSR count). The van der Waals surface area contributed by atoms with Crippen LogP contribution >= 0.6 is 0 Å². The van der Waals surface area contributed by atoms with Gasteiger partial charge < -0.3 is 15.5 Å². The van der Waals surface area contributed by atoms with Crippen LogP contribution in [0.4, 0.5) is 13.2 Å². The van der Waals surface area contributed by atoms with Crippen molar-refractivity contribution in [3.8, 4) is 0 Å². The van der Waals surface area contributed by atoms with Crippen molar-refractivity contribution in [1.29, 1.82) is 0 Å². The van der Waals surface area contributed by atoms with E-state index in [0.717, 1.165) is 31.4 Å². The summed E-state index contributed by atoms with van der Waals surface area (Å²) in [7, 11) is 0. The molecule has 1 aliphatic carbocycles. The van der Waals surface area contributed by atoms with E-state index in [1.54, 1.807) is 0 Å². The molecule has 0 amide bonds. The van der Waals surface area contributed by atoms with Gasteiger partial charge in [0.2, 0.25) is 0 Å². The van der Waals surface area contributed by atoms with Crippen molar-refractivity contribution < 1.29 is 23.4 Å². The molecule has 3 unspecified atom stereocenters. The van der Waals surface area contributed by atoms with Gasteiger partial charge in [0.15, 0.2) is 0 Å². The quantitative estimate of drug-likeness (QED) is 0.783. The Morgan fingerprint density at radius 3 is 2.71 bits per heavy atom. The van der Waals surface area contributed by atoms with Crippen molar-refractivity contribution in [2.45, 2.75) is 37.6 Å². The SMILES string of the molecule is OCC1CCCC1NCC(O)c1cccc(C(F)(F)F)c1. The van der Waals surface area contributed by atoms with E-state index in [2.05, 4.69) is 5.32 Å². The minimum absolute atomic E-state index is 0.0946. The largest absolute Gasteiger partial charge is 0.416 e. The molecule has 21 heavy (non-hydrogen) atoms. The number of rotatable bonds is 5. The molecule has 1 aliphatic rings. The van der Waals surface area contributed by atoms with Crippen LogP contribution in [0.2, 0.25) is 0 Å². The van der Waals surface area contributed by atoms with Crippen LogP contribution in [-0.4, -0.2) is 29.4 Å². The summed E-state index contributed by atoms with van der Waals surface area (Å²) < 4.78 is 37.9. The number of hydrogen-bond acceptors (Lipinski definition) is 3. The van der Waals surface area contributed by atoms with Crippen LogP contribution in [0.15, 0.2) is 24.3 Å². The van der Waals surface area contributed by atoms with Gasteiger partial charge in [-0.05, 0) is 36.5 Å². The van der Waals surface area contributed by atoms with Crippen molar-refractivity contribution in [2.24, 2.45) is 5.92 Å². The molecule has 3 atom stereocenters. The molecule has 0 radical (unpaired) electrons. The van der Waals surface area contributed by atoms with Gasteiger partial charge in [-0.2, -0.15) is 13.2 Å². The lowest BCUT2D eigenvalue weighted by Gasteiger charge is -2.21. The topological polar surface area (TPSA) is 52.5 Å². The molecule has 6 heteroatoms. The Kier molecular flexibility index (Phi) is 5.24. The Bertz CT molecular complexity index is 464. The molecule has 0 aromatic heterocycles. The van der Waals surface area contributed by atoms with E-state index >= 15 is 0 Å². The molecule has 0 heterocycles. The first-order valence-corrected chi connectivity index (χ1v) is 7.11. The molecule has 3 N–H and O–H groups in total. The number of halogens is 3. The summed E-state index contributed by atoms with van der Waals surface area (Å²) in [6.07, 6.45) is -2.53. The fourth-order valence-corrected chi connectivity index (χ4v) is 2.83. The zero-order valence-electron chi connectivity index (χ0n) is 11.6. The molecule has 0 aliphatic heterocycles. The van der Waals surface area contributed by atoms with Gasteiger partial charge in [-0.15, -0.1) is 0 Å². The average molecular weight is 303 g/mol. The Hall–Kier alpha value is -1.11. The molecule has 3 nitrogen and oxygen atoms in total. The second-order valence-electron chi connectivity index (χ2n) is 5.53. The predicted octanol–water partition coefficient (Wildman–Crippen LogP) is 2.49. The maximum absolute atomic E-state index is 12.6. The van der Waals surface area contributed by atoms with Crippen LogP contribution in [0.1, 0.15) is 36.5 Å². The van der Waals surface area contributed by atoms with Crippen molar-refractivity contribution >= 4 is 0 Å². The molecule has 0 spiro atoms. The summed E-state index contributed by atoms with van der Waals surface area (Å²) in [5.41, 5.74) is -0.510. The molecular weight excluding hydrogens is 283 g/mol. The molecular formula is C15H20F3NO2. The van der Waals surface area contributed by atoms with Crippen LogP contribution in [0.25, 0.3) is 0 Å². The van der Waals surface area contributed by atoms with E-state index in [-0.39, 0.29) is 30.7 Å². The lowest BCUT2D eigenvalue weighted by Crippen LogP contribution is -2.36. The van der Waals surface area contributed by atoms with Gasteiger partial charge in [-0.3, -0.25) is 0 Å². The second-order valence-corrected chi connectivity index (χ2v) is 5.53. The minimum atomic E-state index is -4.41. The second kappa shape index (κ2) is 6.77. The first kappa shape index (κ1) is 16.3. The van der Waals surface area contributed by atoms with Crippen LogP contribution < -0.4 is 5.32 Å². The third-order valence-electron chi connectivity index (χ3n) is 4.07. The van der Waals surface area contributed by atoms with E-state index in [4.69, 9.17) is 0 Å². The molecule has 0 saturated heterocycles. The van der Waals surface area contributed by atoms with Gasteiger partial charge in [0.25, 0.3) is 0 Å². The standard InChI is InChI=1S/C15H20F3NO2/c16-15(17,18)12-5-1-3-10(7-12)14(21)8-19-13-6-2-4-11(13)9-20/h1,3,5,7,11,13-14,19-21H,2,4,6,8-9H2. The van der Waals surface area contributed by atoms with E-state index in [1.165, 1.54) is 12.1 Å². The zero-order chi connectivity index (χ0) is 15.5. The highest BCUT2D eigenvalue weighted by Crippen LogP contribution is 2.31. The summed E-state index contributed by atoms with van der Waals surface area (Å²) in [5, 5.41) is 22.4. The number of hydrogen-bond donors (Lipinski definition) is 3. The molecule has 1 fully saturated rings. The predicted molar refractivity (Wildman–Crippen MR) is 72.6 cm³/mol. The Morgan fingerprint density at radius 2 is 2.05 bits per heavy atom. The van der Waals surface area contributed by atoms with E-state index in [1.807, 2.05) is 0 Å². The van der Waals surface area contributed by atoms with E-state index in [0.29, 0.717) is 0 Å². The van der Waals surface area contributed by atoms with Crippen molar-refractivity contribution in [1.82, 2.24) is 5.32 Å². The fourth-order valence-electron chi connectivity index (χ4n) is 2.83. The normalized spacial score (nSPS) is 24.2. The summed E-state index contributed by atoms with van der Waals surface area (Å²) in [6, 6.07) is 4.87. The Labute approximate surface area is 121 Å². The number of benzene rings is 1. The Morgan fingerprint density at radius 1 is 1.29 bits per heavy atom. The molecule has 1 aromatic rings. The fraction of sp³-hybridized carbons (Fsp3) is 0.600. The highest BCUT2D eigenvalue weighted by atomic mass is 19.4. The lowest BCUT2D eigenvalue weighted by atomic mass is 10.0. The number of nitrogens with one attached hydrogen (secondary N) is 1. The summed E-state index contributed by atoms with van der Waals surface area (Å²) in [5.74, 6) is 0.165. The summed E-state index contributed by atoms with van der Waals surface area (Å²) in [6.45, 7) is 0.278. The van der Waals surface area contributed by atoms with Gasteiger partial charge in [-0.1, -0.05) is 18.6 Å². The van der Waals surface area contributed by atoms with Crippen LogP contribution in [0.3, 0.4) is 0 Å². The molecule has 118 valence electrons. The monoisotopic (exact) mass is 303 g/mol. The lowest BCUT2D eigenvalue weighted by molar-refractivity contribution is -0.137. The van der Waals surface area contributed by atoms with Gasteiger partial charge in [-0.25, -0.2) is 0 Å². The Balaban J connectivity index is 1.96. The van der Waals surface area contributed by atoms with Crippen LogP contribution in [0, 0.1) is 5.92 Å². The first-order valence-electron chi connectivity index (χ1n) is 7.11. The maximum Gasteiger partial charge on any atom is 0.416 e. The highest BCUT2D eigenvalue weighted by Gasteiger charge is 2.31. The average Bonchev–Trinajstić information content (AvgIpc) is 2.91. The molecule has 0 bridgehead atoms. The number of aliphatic hydroxyl groups excluding tert-OH is 2. The van der Waals surface area contributed by atoms with Gasteiger partial charge in [0.05, 0.1) is 11.7 Å². The van der Waals surface area contributed by atoms with Gasteiger partial charge >= 0.3 is 6.18 Å². The van der Waals surface area contributed by atoms with E-state index < -0.39 is 17.8 Å². The summed E-state index contributed by atoms with van der Waals surface area (Å²) >= 11 is 0. The van der Waals surface area contributed by atoms with Gasteiger partial charge in [0, 0.05) is 19.2 Å². The van der Waals surface area contributed by atoms with Crippen LogP contribution in [0.5, 0.6) is 0 Å². The summed E-state index contributed by atoms with van der Waals surface area (Å²) in [4.78, 5) is 0. The van der Waals surface area contributed by atoms with E-state index in [9.17, 15) is 23.4 Å². The zero-order valence-corrected chi connectivity index (χ0v) is 11.6. The smallest absolute Gasteiger partial charge is 0.396 e. The van der Waals surface area contributed by atoms with Crippen molar-refractivity contribution in [2.75, 3.05) is 13.2 Å². The minimum Gasteiger partial charge on any atom is -0.396 e. The maximum atomic E-state index is 12.6. The van der Waals surface area contributed by atoms with Crippen molar-refractivity contribution in [3.63, 3.8) is 0 Å². The van der Waals surface area contributed by atoms with Crippen LogP contribution in [-0.2, 0) is 6.18 Å². The first-order chi connectivity index (χ1) is 9.91. The third kappa shape index (κ3) is 4.18. The molecule has 1 aromatic carbocycles. The molecule has 1 saturated carbocycles. The number of aliphatic hydroxyl groups is 2. The highest BCUT2D eigenvalue weighted by molar-refractivity contribution is 5.27. The third-order valence-corrected chi connectivity index (χ3v) is 4.07. The number of alkyl halides is 3.